The second kappa shape index (κ2) is 13.0. The van der Waals surface area contributed by atoms with Crippen LogP contribution >= 0.6 is 11.6 Å². The van der Waals surface area contributed by atoms with E-state index in [9.17, 15) is 4.79 Å². The first-order chi connectivity index (χ1) is 17.2. The van der Waals surface area contributed by atoms with Gasteiger partial charge in [0.05, 0.1) is 22.7 Å². The van der Waals surface area contributed by atoms with Gasteiger partial charge in [0.25, 0.3) is 5.91 Å². The molecule has 0 spiro atoms. The third kappa shape index (κ3) is 7.09. The summed E-state index contributed by atoms with van der Waals surface area (Å²) < 4.78 is 8.18. The molecule has 1 aromatic heterocycles. The van der Waals surface area contributed by atoms with Crippen molar-refractivity contribution in [3.8, 4) is 5.75 Å². The van der Waals surface area contributed by atoms with Crippen molar-refractivity contribution >= 4 is 28.5 Å². The monoisotopic (exact) mass is 489 g/mol. The first-order valence-electron chi connectivity index (χ1n) is 12.4. The van der Waals surface area contributed by atoms with Crippen LogP contribution in [0.4, 0.5) is 0 Å². The summed E-state index contributed by atoms with van der Waals surface area (Å²) in [4.78, 5) is 17.0. The van der Waals surface area contributed by atoms with Gasteiger partial charge in [-0.2, -0.15) is 0 Å². The van der Waals surface area contributed by atoms with E-state index in [0.717, 1.165) is 62.2 Å². The zero-order chi connectivity index (χ0) is 24.3. The van der Waals surface area contributed by atoms with Crippen molar-refractivity contribution in [3.05, 3.63) is 95.3 Å². The first-order valence-corrected chi connectivity index (χ1v) is 12.7. The number of fused-ring (bicyclic) bond motifs is 1. The van der Waals surface area contributed by atoms with Crippen LogP contribution in [0.5, 0.6) is 5.75 Å². The highest BCUT2D eigenvalue weighted by Gasteiger charge is 2.10. The molecule has 1 N–H and O–H groups in total. The third-order valence-corrected chi connectivity index (χ3v) is 6.31. The van der Waals surface area contributed by atoms with Crippen LogP contribution in [0, 0.1) is 0 Å². The minimum atomic E-state index is -0.00842. The lowest BCUT2D eigenvalue weighted by atomic mass is 10.1. The Balaban J connectivity index is 1.22. The third-order valence-electron chi connectivity index (χ3n) is 6.00. The lowest BCUT2D eigenvalue weighted by Gasteiger charge is -2.11. The molecule has 0 aliphatic rings. The zero-order valence-electron chi connectivity index (χ0n) is 20.0. The van der Waals surface area contributed by atoms with Crippen LogP contribution in [-0.4, -0.2) is 28.6 Å². The van der Waals surface area contributed by atoms with Gasteiger partial charge >= 0.3 is 0 Å². The van der Waals surface area contributed by atoms with Crippen LogP contribution in [0.2, 0.25) is 5.02 Å². The van der Waals surface area contributed by atoms with Crippen molar-refractivity contribution in [2.24, 2.45) is 0 Å². The van der Waals surface area contributed by atoms with E-state index in [2.05, 4.69) is 28.1 Å². The molecule has 4 rings (SSSR count). The van der Waals surface area contributed by atoms with Crippen molar-refractivity contribution in [1.82, 2.24) is 14.9 Å². The standard InChI is InChI=1S/C29H32ClN3O2/c30-24-15-6-9-18-27(24)35-22-12-11-21-33-26-17-8-7-16-25(26)32-28(33)19-5-2-10-20-31-29(34)23-13-3-1-4-14-23/h1,3-4,6-9,13-18H,2,5,10-12,19-22H2,(H,31,34). The summed E-state index contributed by atoms with van der Waals surface area (Å²) in [5.41, 5.74) is 2.94. The fraction of sp³-hybridized carbons (Fsp3) is 0.310. The molecule has 0 saturated carbocycles. The molecule has 0 bridgehead atoms. The predicted molar refractivity (Wildman–Crippen MR) is 142 cm³/mol. The summed E-state index contributed by atoms with van der Waals surface area (Å²) in [5.74, 6) is 1.86. The first kappa shape index (κ1) is 24.8. The number of carbonyl (C=O) groups is 1. The van der Waals surface area contributed by atoms with Gasteiger partial charge in [0, 0.05) is 25.1 Å². The van der Waals surface area contributed by atoms with E-state index in [1.807, 2.05) is 60.7 Å². The maximum Gasteiger partial charge on any atom is 0.251 e. The Kier molecular flexibility index (Phi) is 9.18. The fourth-order valence-electron chi connectivity index (χ4n) is 4.16. The average molecular weight is 490 g/mol. The number of nitrogens with one attached hydrogen (secondary N) is 1. The second-order valence-corrected chi connectivity index (χ2v) is 8.99. The maximum absolute atomic E-state index is 12.1. The number of ether oxygens (including phenoxy) is 1. The van der Waals surface area contributed by atoms with E-state index in [1.54, 1.807) is 0 Å². The van der Waals surface area contributed by atoms with E-state index >= 15 is 0 Å². The van der Waals surface area contributed by atoms with Crippen LogP contribution < -0.4 is 10.1 Å². The highest BCUT2D eigenvalue weighted by atomic mass is 35.5. The summed E-state index contributed by atoms with van der Waals surface area (Å²) in [6, 6.07) is 25.3. The van der Waals surface area contributed by atoms with Gasteiger partial charge in [-0.3, -0.25) is 4.79 Å². The summed E-state index contributed by atoms with van der Waals surface area (Å²) in [5, 5.41) is 3.65. The van der Waals surface area contributed by atoms with Crippen LogP contribution in [0.1, 0.15) is 48.3 Å². The van der Waals surface area contributed by atoms with E-state index in [1.165, 1.54) is 5.52 Å². The molecule has 3 aromatic carbocycles. The van der Waals surface area contributed by atoms with Gasteiger partial charge in [-0.25, -0.2) is 4.98 Å². The Morgan fingerprint density at radius 3 is 2.49 bits per heavy atom. The molecule has 4 aromatic rings. The molecule has 0 fully saturated rings. The number of halogens is 1. The lowest BCUT2D eigenvalue weighted by Crippen LogP contribution is -2.24. The summed E-state index contributed by atoms with van der Waals surface area (Å²) >= 11 is 6.17. The minimum Gasteiger partial charge on any atom is -0.492 e. The number of hydrogen-bond acceptors (Lipinski definition) is 3. The number of unbranched alkanes of at least 4 members (excludes halogenated alkanes) is 3. The molecule has 1 heterocycles. The number of rotatable bonds is 13. The maximum atomic E-state index is 12.1. The van der Waals surface area contributed by atoms with Gasteiger partial charge < -0.3 is 14.6 Å². The second-order valence-electron chi connectivity index (χ2n) is 8.59. The van der Waals surface area contributed by atoms with E-state index in [0.29, 0.717) is 23.7 Å². The number of imidazole rings is 1. The summed E-state index contributed by atoms with van der Waals surface area (Å²) in [6.07, 6.45) is 5.92. The number of aryl methyl sites for hydroxylation is 2. The van der Waals surface area contributed by atoms with Crippen LogP contribution in [0.3, 0.4) is 0 Å². The van der Waals surface area contributed by atoms with Crippen molar-refractivity contribution in [3.63, 3.8) is 0 Å². The highest BCUT2D eigenvalue weighted by molar-refractivity contribution is 6.32. The molecule has 0 aliphatic heterocycles. The van der Waals surface area contributed by atoms with Crippen LogP contribution in [0.15, 0.2) is 78.9 Å². The number of carbonyl (C=O) groups excluding carboxylic acids is 1. The number of nitrogens with zero attached hydrogens (tertiary/aromatic N) is 2. The van der Waals surface area contributed by atoms with Crippen molar-refractivity contribution in [1.29, 1.82) is 0 Å². The zero-order valence-corrected chi connectivity index (χ0v) is 20.7. The Bertz CT molecular complexity index is 1220. The number of amides is 1. The molecule has 0 radical (unpaired) electrons. The van der Waals surface area contributed by atoms with Gasteiger partial charge in [-0.05, 0) is 62.1 Å². The van der Waals surface area contributed by atoms with Gasteiger partial charge in [0.1, 0.15) is 11.6 Å². The molecule has 0 unspecified atom stereocenters. The van der Waals surface area contributed by atoms with E-state index in [-0.39, 0.29) is 5.91 Å². The Morgan fingerprint density at radius 1 is 0.857 bits per heavy atom. The molecule has 1 amide bonds. The average Bonchev–Trinajstić information content (AvgIpc) is 3.24. The Morgan fingerprint density at radius 2 is 1.63 bits per heavy atom. The molecular formula is C29H32ClN3O2. The van der Waals surface area contributed by atoms with Crippen molar-refractivity contribution in [2.45, 2.75) is 45.1 Å². The molecule has 182 valence electrons. The van der Waals surface area contributed by atoms with Gasteiger partial charge in [-0.1, -0.05) is 60.5 Å². The van der Waals surface area contributed by atoms with Crippen molar-refractivity contribution < 1.29 is 9.53 Å². The SMILES string of the molecule is O=C(NCCCCCc1nc2ccccc2n1CCCCOc1ccccc1Cl)c1ccccc1. The number of aromatic nitrogens is 2. The normalized spacial score (nSPS) is 11.0. The smallest absolute Gasteiger partial charge is 0.251 e. The lowest BCUT2D eigenvalue weighted by molar-refractivity contribution is 0.0953. The molecule has 0 atom stereocenters. The topological polar surface area (TPSA) is 56.2 Å². The van der Waals surface area contributed by atoms with Crippen molar-refractivity contribution in [2.75, 3.05) is 13.2 Å². The van der Waals surface area contributed by atoms with Gasteiger partial charge in [-0.15, -0.1) is 0 Å². The Labute approximate surface area is 212 Å². The van der Waals surface area contributed by atoms with E-state index in [4.69, 9.17) is 21.3 Å². The molecule has 35 heavy (non-hydrogen) atoms. The largest absolute Gasteiger partial charge is 0.492 e. The Hall–Kier alpha value is -3.31. The predicted octanol–water partition coefficient (Wildman–Crippen LogP) is 6.69. The fourth-order valence-corrected chi connectivity index (χ4v) is 4.35. The number of hydrogen-bond donors (Lipinski definition) is 1. The molecule has 5 nitrogen and oxygen atoms in total. The van der Waals surface area contributed by atoms with Crippen LogP contribution in [-0.2, 0) is 13.0 Å². The molecular weight excluding hydrogens is 458 g/mol. The summed E-state index contributed by atoms with van der Waals surface area (Å²) in [6.45, 7) is 2.24. The minimum absolute atomic E-state index is 0.00842. The molecule has 0 saturated heterocycles. The molecule has 6 heteroatoms. The number of benzene rings is 3. The number of para-hydroxylation sites is 3. The highest BCUT2D eigenvalue weighted by Crippen LogP contribution is 2.23. The quantitative estimate of drug-likeness (QED) is 0.213. The molecule has 0 aliphatic carbocycles. The van der Waals surface area contributed by atoms with E-state index < -0.39 is 0 Å². The summed E-state index contributed by atoms with van der Waals surface area (Å²) in [7, 11) is 0. The van der Waals surface area contributed by atoms with Crippen LogP contribution in [0.25, 0.3) is 11.0 Å². The van der Waals surface area contributed by atoms with Gasteiger partial charge in [0.2, 0.25) is 0 Å². The van der Waals surface area contributed by atoms with Gasteiger partial charge in [0.15, 0.2) is 0 Å².